The van der Waals surface area contributed by atoms with Crippen LogP contribution in [0.1, 0.15) is 39.7 Å². The van der Waals surface area contributed by atoms with Crippen LogP contribution in [0.5, 0.6) is 0 Å². The third kappa shape index (κ3) is 7.73. The van der Waals surface area contributed by atoms with E-state index in [2.05, 4.69) is 63.3 Å². The molecule has 0 saturated heterocycles. The first-order valence-corrected chi connectivity index (χ1v) is 11.4. The molecule has 0 aliphatic carbocycles. The highest BCUT2D eigenvalue weighted by molar-refractivity contribution is 5.76. The van der Waals surface area contributed by atoms with Crippen molar-refractivity contribution >= 4 is 5.91 Å². The van der Waals surface area contributed by atoms with Gasteiger partial charge in [-0.2, -0.15) is 5.10 Å². The minimum atomic E-state index is -0.433. The number of carbonyl (C=O) groups is 1. The van der Waals surface area contributed by atoms with Gasteiger partial charge in [-0.1, -0.05) is 38.1 Å². The minimum Gasteiger partial charge on any atom is -0.381 e. The molecule has 178 valence electrons. The van der Waals surface area contributed by atoms with Crippen LogP contribution in [-0.2, 0) is 32.0 Å². The van der Waals surface area contributed by atoms with Crippen molar-refractivity contribution in [3.8, 4) is 11.1 Å². The first kappa shape index (κ1) is 26.0. The van der Waals surface area contributed by atoms with Gasteiger partial charge in [0.2, 0.25) is 5.91 Å². The lowest BCUT2D eigenvalue weighted by molar-refractivity contribution is -0.151. The number of ether oxygens (including phenoxy) is 3. The van der Waals surface area contributed by atoms with Crippen LogP contribution in [0.2, 0.25) is 0 Å². The van der Waals surface area contributed by atoms with Crippen LogP contribution in [0.25, 0.3) is 11.1 Å². The maximum Gasteiger partial charge on any atom is 0.225 e. The Balaban J connectivity index is 1.82. The van der Waals surface area contributed by atoms with E-state index in [1.807, 2.05) is 15.8 Å². The second-order valence-electron chi connectivity index (χ2n) is 8.33. The van der Waals surface area contributed by atoms with Crippen molar-refractivity contribution in [1.29, 1.82) is 0 Å². The van der Waals surface area contributed by atoms with E-state index in [-0.39, 0.29) is 11.9 Å². The summed E-state index contributed by atoms with van der Waals surface area (Å²) < 4.78 is 18.3. The zero-order chi connectivity index (χ0) is 23.5. The molecule has 1 aromatic heterocycles. The summed E-state index contributed by atoms with van der Waals surface area (Å²) in [6.45, 7) is 10.6. The quantitative estimate of drug-likeness (QED) is 0.325. The van der Waals surface area contributed by atoms with Crippen LogP contribution in [-0.4, -0.2) is 66.9 Å². The van der Waals surface area contributed by atoms with Crippen LogP contribution < -0.4 is 0 Å². The molecule has 7 heteroatoms. The monoisotopic (exact) mass is 445 g/mol. The largest absolute Gasteiger partial charge is 0.381 e. The molecule has 32 heavy (non-hydrogen) atoms. The van der Waals surface area contributed by atoms with Crippen LogP contribution in [0.15, 0.2) is 36.7 Å². The predicted octanol–water partition coefficient (Wildman–Crippen LogP) is 4.01. The van der Waals surface area contributed by atoms with Crippen molar-refractivity contribution in [2.75, 3.05) is 34.0 Å². The summed E-state index contributed by atoms with van der Waals surface area (Å²) in [6, 6.07) is 8.52. The number of hydrogen-bond donors (Lipinski definition) is 0. The second kappa shape index (κ2) is 13.4. The van der Waals surface area contributed by atoms with Crippen molar-refractivity contribution in [3.05, 3.63) is 42.2 Å². The molecule has 1 aromatic carbocycles. The fourth-order valence-corrected chi connectivity index (χ4v) is 3.45. The van der Waals surface area contributed by atoms with E-state index in [9.17, 15) is 4.79 Å². The van der Waals surface area contributed by atoms with Gasteiger partial charge in [0.1, 0.15) is 0 Å². The van der Waals surface area contributed by atoms with E-state index in [4.69, 9.17) is 14.2 Å². The van der Waals surface area contributed by atoms with Gasteiger partial charge < -0.3 is 19.1 Å². The van der Waals surface area contributed by atoms with E-state index >= 15 is 0 Å². The maximum atomic E-state index is 12.8. The molecule has 0 bridgehead atoms. The summed E-state index contributed by atoms with van der Waals surface area (Å²) in [7, 11) is 3.18. The average Bonchev–Trinajstić information content (AvgIpc) is 3.29. The van der Waals surface area contributed by atoms with Crippen LogP contribution in [0, 0.1) is 5.92 Å². The topological polar surface area (TPSA) is 65.8 Å². The first-order valence-electron chi connectivity index (χ1n) is 11.4. The van der Waals surface area contributed by atoms with Gasteiger partial charge in [0.15, 0.2) is 6.29 Å². The van der Waals surface area contributed by atoms with Crippen LogP contribution in [0.4, 0.5) is 0 Å². The Bertz CT molecular complexity index is 817. The minimum absolute atomic E-state index is 0.0558. The highest BCUT2D eigenvalue weighted by Gasteiger charge is 2.25. The summed E-state index contributed by atoms with van der Waals surface area (Å²) in [5.41, 5.74) is 3.47. The number of aromatic nitrogens is 2. The molecule has 0 aliphatic rings. The van der Waals surface area contributed by atoms with Crippen LogP contribution >= 0.6 is 0 Å². The second-order valence-corrected chi connectivity index (χ2v) is 8.33. The lowest BCUT2D eigenvalue weighted by Crippen LogP contribution is -2.46. The number of amides is 1. The molecule has 0 unspecified atom stereocenters. The Morgan fingerprint density at radius 2 is 1.88 bits per heavy atom. The van der Waals surface area contributed by atoms with Crippen molar-refractivity contribution in [2.45, 2.75) is 59.4 Å². The Kier molecular flexibility index (Phi) is 10.9. The molecule has 7 nitrogen and oxygen atoms in total. The average molecular weight is 446 g/mol. The van der Waals surface area contributed by atoms with E-state index < -0.39 is 6.29 Å². The molecule has 1 heterocycles. The summed E-state index contributed by atoms with van der Waals surface area (Å²) in [5.74, 6) is 0.395. The Labute approximate surface area is 192 Å². The lowest BCUT2D eigenvalue weighted by atomic mass is 10.0. The number of methoxy groups -OCH3 is 2. The third-order valence-corrected chi connectivity index (χ3v) is 5.86. The van der Waals surface area contributed by atoms with Gasteiger partial charge in [0, 0.05) is 38.6 Å². The zero-order valence-corrected chi connectivity index (χ0v) is 20.4. The van der Waals surface area contributed by atoms with Gasteiger partial charge in [0.05, 0.1) is 32.4 Å². The molecule has 0 radical (unpaired) electrons. The molecule has 2 rings (SSSR count). The van der Waals surface area contributed by atoms with Gasteiger partial charge in [-0.3, -0.25) is 9.48 Å². The summed E-state index contributed by atoms with van der Waals surface area (Å²) in [4.78, 5) is 14.7. The first-order chi connectivity index (χ1) is 15.4. The van der Waals surface area contributed by atoms with Gasteiger partial charge in [-0.05, 0) is 37.3 Å². The highest BCUT2D eigenvalue weighted by Crippen LogP contribution is 2.20. The SMILES string of the molecule is CCn1cc(-c2cccc(CCOCCC(=O)N(CC(OC)OC)[C@H](C)C(C)C)c2)cn1. The molecular formula is C25H39N3O4. The van der Waals surface area contributed by atoms with E-state index in [1.54, 1.807) is 14.2 Å². The number of nitrogens with zero attached hydrogens (tertiary/aromatic N) is 3. The van der Waals surface area contributed by atoms with E-state index in [1.165, 1.54) is 5.56 Å². The molecule has 0 N–H and O–H groups in total. The standard InChI is InChI=1S/C25H39N3O4/c1-7-27-17-23(16-26-27)22-10-8-9-21(15-22)11-13-32-14-12-24(29)28(20(4)19(2)3)18-25(30-5)31-6/h8-10,15-17,19-20,25H,7,11-14,18H2,1-6H3/t20-/m1/s1. The lowest BCUT2D eigenvalue weighted by Gasteiger charge is -2.34. The van der Waals surface area contributed by atoms with E-state index in [0.717, 1.165) is 24.1 Å². The zero-order valence-electron chi connectivity index (χ0n) is 20.4. The Morgan fingerprint density at radius 3 is 2.50 bits per heavy atom. The number of carbonyl (C=O) groups excluding carboxylic acids is 1. The predicted molar refractivity (Wildman–Crippen MR) is 126 cm³/mol. The summed E-state index contributed by atoms with van der Waals surface area (Å²) >= 11 is 0. The van der Waals surface area contributed by atoms with Crippen molar-refractivity contribution < 1.29 is 19.0 Å². The van der Waals surface area contributed by atoms with Gasteiger partial charge >= 0.3 is 0 Å². The fraction of sp³-hybridized carbons (Fsp3) is 0.600. The number of hydrogen-bond acceptors (Lipinski definition) is 5. The van der Waals surface area contributed by atoms with Gasteiger partial charge in [-0.25, -0.2) is 0 Å². The fourth-order valence-electron chi connectivity index (χ4n) is 3.45. The van der Waals surface area contributed by atoms with Crippen molar-refractivity contribution in [2.24, 2.45) is 5.92 Å². The molecule has 1 atom stereocenters. The highest BCUT2D eigenvalue weighted by atomic mass is 16.7. The van der Waals surface area contributed by atoms with Gasteiger partial charge in [0.25, 0.3) is 0 Å². The van der Waals surface area contributed by atoms with Gasteiger partial charge in [-0.15, -0.1) is 0 Å². The van der Waals surface area contributed by atoms with E-state index in [0.29, 0.717) is 32.1 Å². The molecule has 0 fully saturated rings. The third-order valence-electron chi connectivity index (χ3n) is 5.86. The number of aryl methyl sites for hydroxylation is 1. The smallest absolute Gasteiger partial charge is 0.225 e. The molecule has 0 aliphatic heterocycles. The molecule has 2 aromatic rings. The summed E-state index contributed by atoms with van der Waals surface area (Å²) in [5, 5.41) is 4.35. The Hall–Kier alpha value is -2.22. The normalized spacial score (nSPS) is 12.5. The number of benzene rings is 1. The molecule has 0 spiro atoms. The Morgan fingerprint density at radius 1 is 1.12 bits per heavy atom. The summed E-state index contributed by atoms with van der Waals surface area (Å²) in [6.07, 6.45) is 4.66. The molecule has 1 amide bonds. The number of rotatable bonds is 14. The van der Waals surface area contributed by atoms with Crippen molar-refractivity contribution in [3.63, 3.8) is 0 Å². The van der Waals surface area contributed by atoms with Crippen LogP contribution in [0.3, 0.4) is 0 Å². The molecule has 0 saturated carbocycles. The maximum absolute atomic E-state index is 12.8. The van der Waals surface area contributed by atoms with Crippen molar-refractivity contribution in [1.82, 2.24) is 14.7 Å². The molecular weight excluding hydrogens is 406 g/mol.